The van der Waals surface area contributed by atoms with E-state index in [1.165, 1.54) is 0 Å². The highest BCUT2D eigenvalue weighted by atomic mass is 16.3. The number of hydrogen-bond acceptors (Lipinski definition) is 1. The largest absolute Gasteiger partial charge is 0.461 e. The van der Waals surface area contributed by atoms with Gasteiger partial charge in [0.1, 0.15) is 11.5 Å². The Kier molecular flexibility index (Phi) is 2.32. The van der Waals surface area contributed by atoms with E-state index in [0.29, 0.717) is 0 Å². The molecule has 0 aliphatic carbocycles. The van der Waals surface area contributed by atoms with Crippen LogP contribution in [-0.2, 0) is 0 Å². The Morgan fingerprint density at radius 3 is 2.82 bits per heavy atom. The summed E-state index contributed by atoms with van der Waals surface area (Å²) >= 11 is 0. The SMILES string of the molecule is C=Cc1oc(C)cc1/C=C\C. The van der Waals surface area contributed by atoms with Gasteiger partial charge in [-0.1, -0.05) is 18.7 Å². The summed E-state index contributed by atoms with van der Waals surface area (Å²) in [7, 11) is 0. The smallest absolute Gasteiger partial charge is 0.133 e. The topological polar surface area (TPSA) is 13.1 Å². The Morgan fingerprint density at radius 1 is 1.55 bits per heavy atom. The van der Waals surface area contributed by atoms with Crippen molar-refractivity contribution in [2.45, 2.75) is 13.8 Å². The fourth-order valence-electron chi connectivity index (χ4n) is 1.02. The average Bonchev–Trinajstić information content (AvgIpc) is 2.32. The van der Waals surface area contributed by atoms with Crippen LogP contribution in [0.4, 0.5) is 0 Å². The fourth-order valence-corrected chi connectivity index (χ4v) is 1.02. The van der Waals surface area contributed by atoms with E-state index in [4.69, 9.17) is 4.42 Å². The fraction of sp³-hybridized carbons (Fsp3) is 0.200. The van der Waals surface area contributed by atoms with Gasteiger partial charge in [-0.25, -0.2) is 0 Å². The molecular weight excluding hydrogens is 136 g/mol. The highest BCUT2D eigenvalue weighted by Gasteiger charge is 2.00. The van der Waals surface area contributed by atoms with Gasteiger partial charge in [0.2, 0.25) is 0 Å². The van der Waals surface area contributed by atoms with Crippen molar-refractivity contribution >= 4 is 12.2 Å². The molecule has 0 saturated carbocycles. The first-order chi connectivity index (χ1) is 5.27. The van der Waals surface area contributed by atoms with Crippen molar-refractivity contribution < 1.29 is 4.42 Å². The van der Waals surface area contributed by atoms with Gasteiger partial charge in [-0.2, -0.15) is 0 Å². The van der Waals surface area contributed by atoms with Gasteiger partial charge >= 0.3 is 0 Å². The summed E-state index contributed by atoms with van der Waals surface area (Å²) in [5.74, 6) is 1.77. The standard InChI is InChI=1S/C10H12O/c1-4-6-9-7-8(3)11-10(9)5-2/h4-7H,2H2,1,3H3/b6-4-. The normalized spacial score (nSPS) is 10.7. The summed E-state index contributed by atoms with van der Waals surface area (Å²) < 4.78 is 5.35. The number of hydrogen-bond donors (Lipinski definition) is 0. The molecule has 1 heteroatoms. The second-order valence-electron chi connectivity index (χ2n) is 2.38. The third-order valence-corrected chi connectivity index (χ3v) is 1.45. The molecule has 1 nitrogen and oxygen atoms in total. The molecular formula is C10H12O. The van der Waals surface area contributed by atoms with Crippen LogP contribution in [0.2, 0.25) is 0 Å². The third-order valence-electron chi connectivity index (χ3n) is 1.45. The molecule has 1 heterocycles. The molecule has 0 radical (unpaired) electrons. The maximum atomic E-state index is 5.35. The van der Waals surface area contributed by atoms with Gasteiger partial charge in [0, 0.05) is 5.56 Å². The predicted molar refractivity (Wildman–Crippen MR) is 48.2 cm³/mol. The second-order valence-corrected chi connectivity index (χ2v) is 2.38. The maximum absolute atomic E-state index is 5.35. The molecule has 0 N–H and O–H groups in total. The van der Waals surface area contributed by atoms with E-state index in [9.17, 15) is 0 Å². The molecule has 0 atom stereocenters. The number of aryl methyl sites for hydroxylation is 1. The van der Waals surface area contributed by atoms with Gasteiger partial charge in [0.05, 0.1) is 0 Å². The lowest BCUT2D eigenvalue weighted by molar-refractivity contribution is 0.524. The maximum Gasteiger partial charge on any atom is 0.133 e. The monoisotopic (exact) mass is 148 g/mol. The quantitative estimate of drug-likeness (QED) is 0.627. The zero-order chi connectivity index (χ0) is 8.27. The van der Waals surface area contributed by atoms with Crippen LogP contribution in [0.5, 0.6) is 0 Å². The predicted octanol–water partition coefficient (Wildman–Crippen LogP) is 3.26. The first-order valence-electron chi connectivity index (χ1n) is 3.63. The minimum Gasteiger partial charge on any atom is -0.461 e. The minimum atomic E-state index is 0.848. The highest BCUT2D eigenvalue weighted by Crippen LogP contribution is 2.17. The van der Waals surface area contributed by atoms with Gasteiger partial charge in [0.25, 0.3) is 0 Å². The lowest BCUT2D eigenvalue weighted by atomic mass is 10.2. The highest BCUT2D eigenvalue weighted by molar-refractivity contribution is 5.60. The molecule has 0 spiro atoms. The molecule has 0 fully saturated rings. The van der Waals surface area contributed by atoms with Crippen molar-refractivity contribution in [3.63, 3.8) is 0 Å². The molecule has 1 aromatic rings. The number of rotatable bonds is 2. The summed E-state index contributed by atoms with van der Waals surface area (Å²) in [6.07, 6.45) is 5.72. The minimum absolute atomic E-state index is 0.848. The van der Waals surface area contributed by atoms with Gasteiger partial charge in [0.15, 0.2) is 0 Å². The van der Waals surface area contributed by atoms with Crippen LogP contribution in [-0.4, -0.2) is 0 Å². The molecule has 1 rings (SSSR count). The van der Waals surface area contributed by atoms with Crippen LogP contribution in [0.25, 0.3) is 12.2 Å². The van der Waals surface area contributed by atoms with Crippen molar-refractivity contribution in [2.24, 2.45) is 0 Å². The first kappa shape index (κ1) is 7.86. The van der Waals surface area contributed by atoms with Crippen LogP contribution in [0, 0.1) is 6.92 Å². The van der Waals surface area contributed by atoms with E-state index < -0.39 is 0 Å². The van der Waals surface area contributed by atoms with Gasteiger partial charge in [-0.15, -0.1) is 0 Å². The summed E-state index contributed by atoms with van der Waals surface area (Å²) in [5.41, 5.74) is 1.10. The van der Waals surface area contributed by atoms with Crippen LogP contribution in [0.1, 0.15) is 24.0 Å². The van der Waals surface area contributed by atoms with Crippen molar-refractivity contribution in [2.75, 3.05) is 0 Å². The molecule has 0 amide bonds. The molecule has 0 aromatic carbocycles. The average molecular weight is 148 g/mol. The van der Waals surface area contributed by atoms with E-state index in [2.05, 4.69) is 6.58 Å². The van der Waals surface area contributed by atoms with Crippen molar-refractivity contribution in [1.82, 2.24) is 0 Å². The third kappa shape index (κ3) is 1.61. The zero-order valence-electron chi connectivity index (χ0n) is 6.92. The van der Waals surface area contributed by atoms with Crippen LogP contribution >= 0.6 is 0 Å². The molecule has 0 aliphatic heterocycles. The van der Waals surface area contributed by atoms with E-state index in [0.717, 1.165) is 17.1 Å². The summed E-state index contributed by atoms with van der Waals surface area (Å²) in [5, 5.41) is 0. The van der Waals surface area contributed by atoms with Crippen molar-refractivity contribution in [3.8, 4) is 0 Å². The Balaban J connectivity index is 3.11. The molecule has 0 aliphatic rings. The van der Waals surface area contributed by atoms with E-state index in [1.807, 2.05) is 32.1 Å². The summed E-state index contributed by atoms with van der Waals surface area (Å²) in [6, 6.07) is 2.00. The lowest BCUT2D eigenvalue weighted by Gasteiger charge is -1.86. The number of allylic oxidation sites excluding steroid dienone is 1. The second kappa shape index (κ2) is 3.24. The van der Waals surface area contributed by atoms with E-state index in [-0.39, 0.29) is 0 Å². The van der Waals surface area contributed by atoms with E-state index >= 15 is 0 Å². The van der Waals surface area contributed by atoms with Crippen LogP contribution < -0.4 is 0 Å². The molecule has 1 aromatic heterocycles. The van der Waals surface area contributed by atoms with Gasteiger partial charge in [-0.3, -0.25) is 0 Å². The Labute approximate surface area is 67.0 Å². The summed E-state index contributed by atoms with van der Waals surface area (Å²) in [6.45, 7) is 7.57. The van der Waals surface area contributed by atoms with Crippen LogP contribution in [0.15, 0.2) is 23.1 Å². The molecule has 0 saturated heterocycles. The van der Waals surface area contributed by atoms with E-state index in [1.54, 1.807) is 6.08 Å². The molecule has 11 heavy (non-hydrogen) atoms. The van der Waals surface area contributed by atoms with Gasteiger partial charge in [-0.05, 0) is 26.0 Å². The Morgan fingerprint density at radius 2 is 2.27 bits per heavy atom. The number of furan rings is 1. The first-order valence-corrected chi connectivity index (χ1v) is 3.63. The Hall–Kier alpha value is -1.24. The van der Waals surface area contributed by atoms with Crippen molar-refractivity contribution in [3.05, 3.63) is 35.8 Å². The van der Waals surface area contributed by atoms with Crippen molar-refractivity contribution in [1.29, 1.82) is 0 Å². The van der Waals surface area contributed by atoms with Crippen LogP contribution in [0.3, 0.4) is 0 Å². The van der Waals surface area contributed by atoms with Gasteiger partial charge < -0.3 is 4.42 Å². The Bertz CT molecular complexity index is 279. The molecule has 0 bridgehead atoms. The summed E-state index contributed by atoms with van der Waals surface area (Å²) in [4.78, 5) is 0. The zero-order valence-corrected chi connectivity index (χ0v) is 6.92. The lowest BCUT2D eigenvalue weighted by Crippen LogP contribution is -1.67. The molecule has 0 unspecified atom stereocenters. The molecule has 58 valence electrons.